The Balaban J connectivity index is 2.14. The molecule has 0 radical (unpaired) electrons. The number of piperidine rings is 1. The Labute approximate surface area is 107 Å². The average molecular weight is 250 g/mol. The Morgan fingerprint density at radius 2 is 2.22 bits per heavy atom. The fourth-order valence-corrected chi connectivity index (χ4v) is 2.29. The van der Waals surface area contributed by atoms with Gasteiger partial charge in [-0.25, -0.2) is 4.39 Å². The number of halogens is 1. The molecule has 1 aliphatic heterocycles. The smallest absolute Gasteiger partial charge is 0.244 e. The van der Waals surface area contributed by atoms with Crippen molar-refractivity contribution in [3.8, 4) is 0 Å². The van der Waals surface area contributed by atoms with E-state index in [0.717, 1.165) is 25.8 Å². The number of para-hydroxylation sites is 1. The molecule has 1 saturated heterocycles. The van der Waals surface area contributed by atoms with E-state index in [9.17, 15) is 9.18 Å². The normalized spacial score (nSPS) is 20.2. The highest BCUT2D eigenvalue weighted by atomic mass is 19.1. The summed E-state index contributed by atoms with van der Waals surface area (Å²) >= 11 is 0. The van der Waals surface area contributed by atoms with Gasteiger partial charge in [0.1, 0.15) is 5.82 Å². The summed E-state index contributed by atoms with van der Waals surface area (Å²) in [5, 5.41) is 3.23. The van der Waals surface area contributed by atoms with Crippen molar-refractivity contribution in [1.82, 2.24) is 5.32 Å². The number of hydrogen-bond acceptors (Lipinski definition) is 2. The van der Waals surface area contributed by atoms with Crippen LogP contribution in [0.1, 0.15) is 26.2 Å². The van der Waals surface area contributed by atoms with Gasteiger partial charge in [0, 0.05) is 6.54 Å². The van der Waals surface area contributed by atoms with Crippen LogP contribution in [0.5, 0.6) is 0 Å². The number of carbonyl (C=O) groups is 1. The van der Waals surface area contributed by atoms with Crippen molar-refractivity contribution >= 4 is 11.6 Å². The third-order valence-corrected chi connectivity index (χ3v) is 3.22. The van der Waals surface area contributed by atoms with Gasteiger partial charge in [-0.3, -0.25) is 4.79 Å². The Morgan fingerprint density at radius 1 is 1.44 bits per heavy atom. The first kappa shape index (κ1) is 13.0. The van der Waals surface area contributed by atoms with Crippen LogP contribution in [-0.2, 0) is 4.79 Å². The highest BCUT2D eigenvalue weighted by Gasteiger charge is 2.30. The van der Waals surface area contributed by atoms with E-state index < -0.39 is 0 Å². The second-order valence-electron chi connectivity index (χ2n) is 4.59. The van der Waals surface area contributed by atoms with E-state index in [0.29, 0.717) is 12.2 Å². The van der Waals surface area contributed by atoms with E-state index in [1.54, 1.807) is 23.1 Å². The quantitative estimate of drug-likeness (QED) is 0.889. The molecule has 98 valence electrons. The van der Waals surface area contributed by atoms with Gasteiger partial charge in [-0.1, -0.05) is 19.1 Å². The van der Waals surface area contributed by atoms with Gasteiger partial charge in [0.05, 0.1) is 11.7 Å². The van der Waals surface area contributed by atoms with Gasteiger partial charge in [0.25, 0.3) is 0 Å². The summed E-state index contributed by atoms with van der Waals surface area (Å²) in [6.45, 7) is 3.49. The minimum absolute atomic E-state index is 0.0141. The topological polar surface area (TPSA) is 32.3 Å². The summed E-state index contributed by atoms with van der Waals surface area (Å²) in [7, 11) is 0. The standard InChI is InChI=1S/C14H19FN2O/c1-2-9-16-12-7-5-10-17(14(12)18)13-8-4-3-6-11(13)15/h3-4,6,8,12,16H,2,5,7,9-10H2,1H3. The number of rotatable bonds is 4. The molecular weight excluding hydrogens is 231 g/mol. The third kappa shape index (κ3) is 2.70. The van der Waals surface area contributed by atoms with E-state index >= 15 is 0 Å². The van der Waals surface area contributed by atoms with Gasteiger partial charge < -0.3 is 10.2 Å². The largest absolute Gasteiger partial charge is 0.308 e. The van der Waals surface area contributed by atoms with Gasteiger partial charge in [0.15, 0.2) is 0 Å². The van der Waals surface area contributed by atoms with Crippen molar-refractivity contribution in [3.05, 3.63) is 30.1 Å². The summed E-state index contributed by atoms with van der Waals surface area (Å²) in [4.78, 5) is 13.8. The van der Waals surface area contributed by atoms with Crippen molar-refractivity contribution in [2.24, 2.45) is 0 Å². The van der Waals surface area contributed by atoms with E-state index in [2.05, 4.69) is 12.2 Å². The Kier molecular flexibility index (Phi) is 4.31. The number of anilines is 1. The SMILES string of the molecule is CCCNC1CCCN(c2ccccc2F)C1=O. The number of nitrogens with zero attached hydrogens (tertiary/aromatic N) is 1. The number of benzene rings is 1. The van der Waals surface area contributed by atoms with Crippen molar-refractivity contribution in [2.45, 2.75) is 32.2 Å². The summed E-state index contributed by atoms with van der Waals surface area (Å²) in [6.07, 6.45) is 2.73. The van der Waals surface area contributed by atoms with Gasteiger partial charge in [-0.05, 0) is 37.9 Å². The zero-order chi connectivity index (χ0) is 13.0. The third-order valence-electron chi connectivity index (χ3n) is 3.22. The van der Waals surface area contributed by atoms with Crippen LogP contribution in [0.3, 0.4) is 0 Å². The van der Waals surface area contributed by atoms with E-state index in [1.165, 1.54) is 6.07 Å². The van der Waals surface area contributed by atoms with Crippen LogP contribution in [0.4, 0.5) is 10.1 Å². The summed E-state index contributed by atoms with van der Waals surface area (Å²) in [6, 6.07) is 6.29. The molecule has 1 N–H and O–H groups in total. The first-order valence-corrected chi connectivity index (χ1v) is 6.53. The van der Waals surface area contributed by atoms with E-state index in [1.807, 2.05) is 0 Å². The van der Waals surface area contributed by atoms with Gasteiger partial charge >= 0.3 is 0 Å². The number of amides is 1. The predicted molar refractivity (Wildman–Crippen MR) is 70.1 cm³/mol. The molecule has 0 spiro atoms. The minimum Gasteiger partial charge on any atom is -0.308 e. The van der Waals surface area contributed by atoms with E-state index in [-0.39, 0.29) is 17.8 Å². The lowest BCUT2D eigenvalue weighted by Gasteiger charge is -2.32. The number of nitrogens with one attached hydrogen (secondary N) is 1. The Morgan fingerprint density at radius 3 is 2.94 bits per heavy atom. The summed E-state index contributed by atoms with van der Waals surface area (Å²) in [5.74, 6) is -0.346. The zero-order valence-electron chi connectivity index (χ0n) is 10.7. The van der Waals surface area contributed by atoms with Crippen molar-refractivity contribution in [3.63, 3.8) is 0 Å². The molecule has 2 rings (SSSR count). The monoisotopic (exact) mass is 250 g/mol. The lowest BCUT2D eigenvalue weighted by atomic mass is 10.0. The summed E-state index contributed by atoms with van der Waals surface area (Å²) in [5.41, 5.74) is 0.394. The maximum atomic E-state index is 13.7. The maximum absolute atomic E-state index is 13.7. The van der Waals surface area contributed by atoms with Crippen LogP contribution < -0.4 is 10.2 Å². The van der Waals surface area contributed by atoms with Crippen LogP contribution in [0.2, 0.25) is 0 Å². The van der Waals surface area contributed by atoms with Gasteiger partial charge in [-0.2, -0.15) is 0 Å². The van der Waals surface area contributed by atoms with Crippen LogP contribution >= 0.6 is 0 Å². The fraction of sp³-hybridized carbons (Fsp3) is 0.500. The molecule has 1 amide bonds. The Hall–Kier alpha value is -1.42. The molecule has 1 fully saturated rings. The predicted octanol–water partition coefficient (Wildman–Crippen LogP) is 2.32. The highest BCUT2D eigenvalue weighted by Crippen LogP contribution is 2.23. The molecule has 0 bridgehead atoms. The number of carbonyl (C=O) groups excluding carboxylic acids is 1. The van der Waals surface area contributed by atoms with Crippen molar-refractivity contribution < 1.29 is 9.18 Å². The first-order chi connectivity index (χ1) is 8.74. The molecule has 3 nitrogen and oxygen atoms in total. The van der Waals surface area contributed by atoms with Crippen LogP contribution in [-0.4, -0.2) is 25.0 Å². The lowest BCUT2D eigenvalue weighted by Crippen LogP contribution is -2.51. The molecule has 0 aromatic heterocycles. The fourth-order valence-electron chi connectivity index (χ4n) is 2.29. The highest BCUT2D eigenvalue weighted by molar-refractivity contribution is 5.98. The molecule has 0 saturated carbocycles. The molecule has 4 heteroatoms. The van der Waals surface area contributed by atoms with Crippen molar-refractivity contribution in [2.75, 3.05) is 18.0 Å². The zero-order valence-corrected chi connectivity index (χ0v) is 10.7. The molecular formula is C14H19FN2O. The van der Waals surface area contributed by atoms with Gasteiger partial charge in [0.2, 0.25) is 5.91 Å². The molecule has 1 atom stereocenters. The average Bonchev–Trinajstić information content (AvgIpc) is 2.39. The minimum atomic E-state index is -0.331. The second kappa shape index (κ2) is 5.96. The maximum Gasteiger partial charge on any atom is 0.244 e. The molecule has 1 unspecified atom stereocenters. The van der Waals surface area contributed by atoms with Crippen LogP contribution in [0, 0.1) is 5.82 Å². The van der Waals surface area contributed by atoms with Gasteiger partial charge in [-0.15, -0.1) is 0 Å². The van der Waals surface area contributed by atoms with Crippen molar-refractivity contribution in [1.29, 1.82) is 0 Å². The molecule has 1 aliphatic rings. The molecule has 18 heavy (non-hydrogen) atoms. The molecule has 1 aromatic rings. The van der Waals surface area contributed by atoms with E-state index in [4.69, 9.17) is 0 Å². The lowest BCUT2D eigenvalue weighted by molar-refractivity contribution is -0.121. The molecule has 1 aromatic carbocycles. The Bertz CT molecular complexity index is 422. The molecule has 1 heterocycles. The first-order valence-electron chi connectivity index (χ1n) is 6.53. The molecule has 0 aliphatic carbocycles. The van der Waals surface area contributed by atoms with Crippen LogP contribution in [0.25, 0.3) is 0 Å². The second-order valence-corrected chi connectivity index (χ2v) is 4.59. The summed E-state index contributed by atoms with van der Waals surface area (Å²) < 4.78 is 13.7. The van der Waals surface area contributed by atoms with Crippen LogP contribution in [0.15, 0.2) is 24.3 Å². The number of hydrogen-bond donors (Lipinski definition) is 1.